The zero-order valence-electron chi connectivity index (χ0n) is 13.9. The molecule has 1 aliphatic rings. The van der Waals surface area contributed by atoms with Crippen LogP contribution in [0.1, 0.15) is 38.7 Å². The molecule has 130 valence electrons. The summed E-state index contributed by atoms with van der Waals surface area (Å²) in [6.45, 7) is 6.85. The molecule has 1 aromatic heterocycles. The second-order valence-corrected chi connectivity index (χ2v) is 6.71. The summed E-state index contributed by atoms with van der Waals surface area (Å²) >= 11 is 5.27. The van der Waals surface area contributed by atoms with Crippen molar-refractivity contribution in [3.8, 4) is 5.75 Å². The van der Waals surface area contributed by atoms with E-state index in [1.165, 1.54) is 25.0 Å². The Morgan fingerprint density at radius 3 is 2.67 bits per heavy atom. The van der Waals surface area contributed by atoms with Gasteiger partial charge in [-0.1, -0.05) is 6.92 Å². The van der Waals surface area contributed by atoms with Crippen LogP contribution < -0.4 is 4.74 Å². The second-order valence-electron chi connectivity index (χ2n) is 6.36. The van der Waals surface area contributed by atoms with Crippen LogP contribution in [0.4, 0.5) is 4.39 Å². The average Bonchev–Trinajstić information content (AvgIpc) is 2.93. The first-order valence-electron chi connectivity index (χ1n) is 8.23. The third-order valence-electron chi connectivity index (χ3n) is 4.31. The number of ether oxygens (including phenoxy) is 1. The summed E-state index contributed by atoms with van der Waals surface area (Å²) in [6, 6.07) is 5.86. The highest BCUT2D eigenvalue weighted by atomic mass is 32.1. The number of hydrogen-bond acceptors (Lipinski definition) is 5. The van der Waals surface area contributed by atoms with Crippen LogP contribution in [0.15, 0.2) is 28.7 Å². The molecule has 0 spiro atoms. The van der Waals surface area contributed by atoms with Crippen molar-refractivity contribution in [3.63, 3.8) is 0 Å². The van der Waals surface area contributed by atoms with Crippen LogP contribution in [0, 0.1) is 16.6 Å². The minimum atomic E-state index is -0.403. The first-order valence-corrected chi connectivity index (χ1v) is 8.64. The fraction of sp³-hybridized carbons (Fsp3) is 0.529. The summed E-state index contributed by atoms with van der Waals surface area (Å²) in [5.74, 6) is 1.47. The van der Waals surface area contributed by atoms with Gasteiger partial charge in [0, 0.05) is 13.1 Å². The lowest BCUT2D eigenvalue weighted by Gasteiger charge is -2.29. The van der Waals surface area contributed by atoms with Gasteiger partial charge in [0.05, 0.1) is 6.67 Å². The lowest BCUT2D eigenvalue weighted by molar-refractivity contribution is 0.144. The summed E-state index contributed by atoms with van der Waals surface area (Å²) in [4.78, 5) is 2.67. The molecule has 3 rings (SSSR count). The SMILES string of the molecule is CC1CCN(Cn2nc([C@H](C)Oc3ccc(F)cc3)oc2=S)CC1. The van der Waals surface area contributed by atoms with Gasteiger partial charge in [-0.15, -0.1) is 5.10 Å². The van der Waals surface area contributed by atoms with Gasteiger partial charge in [-0.25, -0.2) is 9.07 Å². The van der Waals surface area contributed by atoms with Crippen LogP contribution in [0.3, 0.4) is 0 Å². The van der Waals surface area contributed by atoms with Crippen LogP contribution >= 0.6 is 12.2 Å². The Balaban J connectivity index is 1.64. The summed E-state index contributed by atoms with van der Waals surface area (Å²) in [7, 11) is 0. The number of nitrogens with zero attached hydrogens (tertiary/aromatic N) is 3. The molecular formula is C17H22FN3O2S. The number of halogens is 1. The van der Waals surface area contributed by atoms with Crippen LogP contribution in [-0.2, 0) is 6.67 Å². The molecule has 0 N–H and O–H groups in total. The van der Waals surface area contributed by atoms with Crippen molar-refractivity contribution in [2.24, 2.45) is 5.92 Å². The largest absolute Gasteiger partial charge is 0.481 e. The molecule has 0 aliphatic carbocycles. The standard InChI is InChI=1S/C17H22FN3O2S/c1-12-7-9-20(10-8-12)11-21-17(24)23-16(19-21)13(2)22-15-5-3-14(18)4-6-15/h3-6,12-13H,7-11H2,1-2H3/t13-/m0/s1. The molecule has 1 aliphatic heterocycles. The molecule has 7 heteroatoms. The fourth-order valence-electron chi connectivity index (χ4n) is 2.74. The van der Waals surface area contributed by atoms with Crippen molar-refractivity contribution in [1.82, 2.24) is 14.7 Å². The van der Waals surface area contributed by atoms with Crippen molar-refractivity contribution < 1.29 is 13.5 Å². The molecule has 1 atom stereocenters. The van der Waals surface area contributed by atoms with Gasteiger partial charge < -0.3 is 9.15 Å². The van der Waals surface area contributed by atoms with Gasteiger partial charge in [0.1, 0.15) is 11.6 Å². The van der Waals surface area contributed by atoms with Crippen molar-refractivity contribution >= 4 is 12.2 Å². The molecule has 5 nitrogen and oxygen atoms in total. The van der Waals surface area contributed by atoms with E-state index in [0.717, 1.165) is 19.0 Å². The molecule has 0 saturated carbocycles. The minimum Gasteiger partial charge on any atom is -0.481 e. The van der Waals surface area contributed by atoms with Gasteiger partial charge in [-0.2, -0.15) is 0 Å². The van der Waals surface area contributed by atoms with E-state index in [2.05, 4.69) is 16.9 Å². The molecule has 1 saturated heterocycles. The van der Waals surface area contributed by atoms with Gasteiger partial charge >= 0.3 is 0 Å². The highest BCUT2D eigenvalue weighted by molar-refractivity contribution is 7.71. The maximum atomic E-state index is 12.9. The Kier molecular flexibility index (Phi) is 5.30. The molecule has 0 bridgehead atoms. The third kappa shape index (κ3) is 4.21. The number of rotatable bonds is 5. The molecule has 2 aromatic rings. The lowest BCUT2D eigenvalue weighted by atomic mass is 10.00. The Bertz CT molecular complexity index is 720. The lowest BCUT2D eigenvalue weighted by Crippen LogP contribution is -2.34. The summed E-state index contributed by atoms with van der Waals surface area (Å²) in [5, 5.41) is 4.44. The molecule has 0 unspecified atom stereocenters. The quantitative estimate of drug-likeness (QED) is 0.756. The molecule has 24 heavy (non-hydrogen) atoms. The Labute approximate surface area is 146 Å². The summed E-state index contributed by atoms with van der Waals surface area (Å²) in [6.07, 6.45) is 1.99. The highest BCUT2D eigenvalue weighted by Gasteiger charge is 2.19. The van der Waals surface area contributed by atoms with E-state index in [4.69, 9.17) is 21.4 Å². The van der Waals surface area contributed by atoms with Crippen LogP contribution in [0.2, 0.25) is 0 Å². The molecular weight excluding hydrogens is 329 g/mol. The molecule has 2 heterocycles. The Morgan fingerprint density at radius 1 is 1.33 bits per heavy atom. The maximum Gasteiger partial charge on any atom is 0.288 e. The molecule has 0 radical (unpaired) electrons. The van der Waals surface area contributed by atoms with E-state index in [1.54, 1.807) is 16.8 Å². The normalized spacial score (nSPS) is 17.8. The summed E-state index contributed by atoms with van der Waals surface area (Å²) in [5.41, 5.74) is 0. The van der Waals surface area contributed by atoms with Crippen molar-refractivity contribution in [3.05, 3.63) is 40.8 Å². The predicted octanol–water partition coefficient (Wildman–Crippen LogP) is 4.17. The Hall–Kier alpha value is -1.73. The number of likely N-dealkylation sites (tertiary alicyclic amines) is 1. The highest BCUT2D eigenvalue weighted by Crippen LogP contribution is 2.22. The van der Waals surface area contributed by atoms with Crippen LogP contribution in [0.5, 0.6) is 5.75 Å². The number of piperidine rings is 1. The number of benzene rings is 1. The van der Waals surface area contributed by atoms with Gasteiger partial charge in [-0.3, -0.25) is 4.90 Å². The smallest absolute Gasteiger partial charge is 0.288 e. The molecule has 1 aromatic carbocycles. The van der Waals surface area contributed by atoms with E-state index in [0.29, 0.717) is 23.1 Å². The minimum absolute atomic E-state index is 0.298. The van der Waals surface area contributed by atoms with E-state index >= 15 is 0 Å². The average molecular weight is 351 g/mol. The Morgan fingerprint density at radius 2 is 2.00 bits per heavy atom. The van der Waals surface area contributed by atoms with E-state index < -0.39 is 6.10 Å². The third-order valence-corrected chi connectivity index (χ3v) is 4.60. The van der Waals surface area contributed by atoms with Crippen LogP contribution in [0.25, 0.3) is 0 Å². The first-order chi connectivity index (χ1) is 11.5. The van der Waals surface area contributed by atoms with Crippen molar-refractivity contribution in [1.29, 1.82) is 0 Å². The number of hydrogen-bond donors (Lipinski definition) is 0. The monoisotopic (exact) mass is 351 g/mol. The fourth-order valence-corrected chi connectivity index (χ4v) is 2.92. The second kappa shape index (κ2) is 7.44. The van der Waals surface area contributed by atoms with E-state index in [-0.39, 0.29) is 5.82 Å². The van der Waals surface area contributed by atoms with Crippen molar-refractivity contribution in [2.75, 3.05) is 13.1 Å². The summed E-state index contributed by atoms with van der Waals surface area (Å²) < 4.78 is 25.9. The maximum absolute atomic E-state index is 12.9. The van der Waals surface area contributed by atoms with Crippen LogP contribution in [-0.4, -0.2) is 27.8 Å². The molecule has 1 fully saturated rings. The van der Waals surface area contributed by atoms with Gasteiger partial charge in [0.15, 0.2) is 6.10 Å². The first kappa shape index (κ1) is 17.1. The van der Waals surface area contributed by atoms with Gasteiger partial charge in [0.25, 0.3) is 10.7 Å². The number of aromatic nitrogens is 2. The van der Waals surface area contributed by atoms with E-state index in [9.17, 15) is 4.39 Å². The topological polar surface area (TPSA) is 43.4 Å². The molecule has 0 amide bonds. The predicted molar refractivity (Wildman–Crippen MR) is 90.7 cm³/mol. The zero-order valence-corrected chi connectivity index (χ0v) is 14.8. The van der Waals surface area contributed by atoms with Gasteiger partial charge in [-0.05, 0) is 62.2 Å². The zero-order chi connectivity index (χ0) is 17.1. The van der Waals surface area contributed by atoms with E-state index in [1.807, 2.05) is 6.92 Å². The van der Waals surface area contributed by atoms with Crippen molar-refractivity contribution in [2.45, 2.75) is 39.5 Å². The van der Waals surface area contributed by atoms with Gasteiger partial charge in [0.2, 0.25) is 0 Å².